The summed E-state index contributed by atoms with van der Waals surface area (Å²) in [6.45, 7) is 63.1. The molecule has 0 rings (SSSR count). The minimum atomic E-state index is -1.61. The van der Waals surface area contributed by atoms with Gasteiger partial charge < -0.3 is 0 Å². The van der Waals surface area contributed by atoms with Gasteiger partial charge in [-0.05, 0) is 41.5 Å². The molecule has 0 N–H and O–H groups in total. The van der Waals surface area contributed by atoms with Crippen LogP contribution in [0.5, 0.6) is 0 Å². The SMILES string of the molecule is C=P(N(CC)CC)(N(CC)CC)N(CC)CC.C=P(N(CC)CC)(N(CC)CC)N(CC)CC.CCN(CC)[P+](C)(N(CC)CC)N(CC)CC.ClC(Cl)(Cl)Cl. The van der Waals surface area contributed by atoms with Gasteiger partial charge >= 0.3 is 0 Å². The van der Waals surface area contributed by atoms with Gasteiger partial charge in [-0.25, -0.2) is 0 Å². The molecule has 0 aliphatic rings. The van der Waals surface area contributed by atoms with Crippen LogP contribution in [0.25, 0.3) is 0 Å². The zero-order valence-corrected chi connectivity index (χ0v) is 46.2. The van der Waals surface area contributed by atoms with Crippen molar-refractivity contribution in [2.75, 3.05) is 124 Å². The van der Waals surface area contributed by atoms with Crippen LogP contribution >= 0.6 is 68.8 Å². The normalized spacial score (nSPS) is 12.9. The third kappa shape index (κ3) is 19.9. The molecule has 0 bridgehead atoms. The van der Waals surface area contributed by atoms with E-state index < -0.39 is 25.6 Å². The second-order valence-corrected chi connectivity index (χ2v) is 26.0. The topological polar surface area (TPSA) is 29.2 Å². The first-order valence-corrected chi connectivity index (χ1v) is 29.3. The highest BCUT2D eigenvalue weighted by Gasteiger charge is 2.48. The van der Waals surface area contributed by atoms with E-state index in [1.165, 1.54) is 0 Å². The third-order valence-corrected chi connectivity index (χ3v) is 24.6. The van der Waals surface area contributed by atoms with E-state index in [1.807, 2.05) is 0 Å². The van der Waals surface area contributed by atoms with Gasteiger partial charge in [-0.1, -0.05) is 142 Å². The molecule has 0 aliphatic heterocycles. The molecule has 16 heteroatoms. The molecule has 0 aromatic heterocycles. The highest BCUT2D eigenvalue weighted by molar-refractivity contribution is 7.68. The van der Waals surface area contributed by atoms with Crippen LogP contribution in [0.15, 0.2) is 0 Å². The quantitative estimate of drug-likeness (QED) is 0.0590. The molecule has 0 spiro atoms. The molecule has 0 amide bonds. The molecule has 0 fully saturated rings. The maximum Gasteiger partial charge on any atom is 0.266 e. The van der Waals surface area contributed by atoms with Gasteiger partial charge in [0.25, 0.3) is 3.25 Å². The van der Waals surface area contributed by atoms with E-state index in [4.69, 9.17) is 46.4 Å². The van der Waals surface area contributed by atoms with Gasteiger partial charge in [-0.2, -0.15) is 0 Å². The summed E-state index contributed by atoms with van der Waals surface area (Å²) in [5.74, 6) is 0. The Morgan fingerprint density at radius 2 is 0.429 bits per heavy atom. The molecular formula is C40H97Cl4N9P3+. The maximum absolute atomic E-state index is 4.83. The van der Waals surface area contributed by atoms with Crippen molar-refractivity contribution in [1.29, 1.82) is 0 Å². The van der Waals surface area contributed by atoms with Crippen LogP contribution in [0.4, 0.5) is 0 Å². The highest BCUT2D eigenvalue weighted by Crippen LogP contribution is 2.64. The number of rotatable bonds is 27. The van der Waals surface area contributed by atoms with E-state index in [0.717, 1.165) is 118 Å². The average Bonchev–Trinajstić information content (AvgIpc) is 3.15. The van der Waals surface area contributed by atoms with Gasteiger partial charge in [0.1, 0.15) is 0 Å². The van der Waals surface area contributed by atoms with E-state index >= 15 is 0 Å². The summed E-state index contributed by atoms with van der Waals surface area (Å²) in [5, 5.41) is 0. The lowest BCUT2D eigenvalue weighted by Gasteiger charge is -2.49. The van der Waals surface area contributed by atoms with E-state index in [-0.39, 0.29) is 0 Å². The fraction of sp³-hybridized carbons (Fsp3) is 0.950. The van der Waals surface area contributed by atoms with Gasteiger partial charge in [0.15, 0.2) is 0 Å². The molecule has 344 valence electrons. The monoisotopic (exact) mass is 937 g/mol. The van der Waals surface area contributed by atoms with Gasteiger partial charge in [0, 0.05) is 118 Å². The van der Waals surface area contributed by atoms with Crippen molar-refractivity contribution in [2.24, 2.45) is 0 Å². The Labute approximate surface area is 373 Å². The molecule has 0 unspecified atom stereocenters. The van der Waals surface area contributed by atoms with E-state index in [1.54, 1.807) is 0 Å². The zero-order valence-electron chi connectivity index (χ0n) is 40.5. The largest absolute Gasteiger partial charge is 0.266 e. The number of hydrogen-bond acceptors (Lipinski definition) is 9. The fourth-order valence-corrected chi connectivity index (χ4v) is 19.8. The Morgan fingerprint density at radius 1 is 0.321 bits per heavy atom. The average molecular weight is 939 g/mol. The van der Waals surface area contributed by atoms with Gasteiger partial charge in [-0.3, -0.25) is 28.0 Å². The standard InChI is InChI=1S/C13H33N3P.2C13H32N3P.CCl4/c3*1-8-14(9-2)17(7,15(10-3)11-4)16(12-5)13-6;2-1(3,4)5/h8-13H2,1-7H3;2*7-13H2,1-6H3;/q+1;;;. The molecule has 9 nitrogen and oxygen atoms in total. The summed E-state index contributed by atoms with van der Waals surface area (Å²) in [4.78, 5) is 0. The number of nitrogens with zero attached hydrogens (tertiary/aromatic N) is 9. The van der Waals surface area contributed by atoms with E-state index in [9.17, 15) is 0 Å². The zero-order chi connectivity index (χ0) is 44.9. The Morgan fingerprint density at radius 3 is 0.500 bits per heavy atom. The predicted octanol–water partition coefficient (Wildman–Crippen LogP) is 12.4. The summed E-state index contributed by atoms with van der Waals surface area (Å²) in [6.07, 6.45) is 9.37. The summed E-state index contributed by atoms with van der Waals surface area (Å²) < 4.78 is 21.8. The van der Waals surface area contributed by atoms with Crippen LogP contribution in [-0.2, 0) is 0 Å². The van der Waals surface area contributed by atoms with Crippen LogP contribution in [0.1, 0.15) is 125 Å². The Balaban J connectivity index is -0.000000340. The van der Waals surface area contributed by atoms with Crippen LogP contribution in [0.3, 0.4) is 0 Å². The molecule has 0 aromatic rings. The van der Waals surface area contributed by atoms with Gasteiger partial charge in [0.2, 0.25) is 7.71 Å². The van der Waals surface area contributed by atoms with Crippen LogP contribution < -0.4 is 0 Å². The third-order valence-electron chi connectivity index (χ3n) is 10.9. The fourth-order valence-electron chi connectivity index (χ4n) is 7.95. The summed E-state index contributed by atoms with van der Waals surface area (Å²) in [7, 11) is -4.40. The van der Waals surface area contributed by atoms with Crippen molar-refractivity contribution >= 4 is 81.4 Å². The van der Waals surface area contributed by atoms with Crippen molar-refractivity contribution in [3.63, 3.8) is 0 Å². The van der Waals surface area contributed by atoms with Crippen molar-refractivity contribution in [3.05, 3.63) is 0 Å². The second-order valence-electron chi connectivity index (χ2n) is 12.9. The van der Waals surface area contributed by atoms with Crippen molar-refractivity contribution < 1.29 is 0 Å². The Kier molecular flexibility index (Phi) is 40.6. The molecule has 0 heterocycles. The molecule has 0 saturated heterocycles. The highest BCUT2D eigenvalue weighted by atomic mass is 35.6. The van der Waals surface area contributed by atoms with Crippen LogP contribution in [0.2, 0.25) is 0 Å². The van der Waals surface area contributed by atoms with Crippen LogP contribution in [0, 0.1) is 0 Å². The first-order chi connectivity index (χ1) is 26.2. The maximum atomic E-state index is 4.83. The molecule has 0 radical (unpaired) electrons. The number of alkyl halides is 4. The van der Waals surface area contributed by atoms with Crippen molar-refractivity contribution in [2.45, 2.75) is 128 Å². The first-order valence-electron chi connectivity index (χ1n) is 22.1. The minimum Gasteiger partial charge on any atom is -0.261 e. The Bertz CT molecular complexity index is 813. The molecule has 56 heavy (non-hydrogen) atoms. The molecular weight excluding hydrogens is 841 g/mol. The Hall–Kier alpha value is 1.83. The van der Waals surface area contributed by atoms with Crippen molar-refractivity contribution in [3.8, 4) is 0 Å². The lowest BCUT2D eigenvalue weighted by molar-refractivity contribution is 0.334. The molecule has 0 saturated carbocycles. The smallest absolute Gasteiger partial charge is 0.261 e. The molecule has 0 atom stereocenters. The summed E-state index contributed by atoms with van der Waals surface area (Å²) in [5.41, 5.74) is 0. The van der Waals surface area contributed by atoms with Gasteiger partial charge in [-0.15, -0.1) is 14.0 Å². The van der Waals surface area contributed by atoms with E-state index in [2.05, 4.69) is 186 Å². The van der Waals surface area contributed by atoms with Gasteiger partial charge in [0.05, 0.1) is 21.3 Å². The first kappa shape index (κ1) is 64.5. The minimum absolute atomic E-state index is 1.08. The lowest BCUT2D eigenvalue weighted by atomic mass is 10.7. The summed E-state index contributed by atoms with van der Waals surface area (Å²) >= 11 is 19.3. The lowest BCUT2D eigenvalue weighted by Crippen LogP contribution is -2.44. The second kappa shape index (κ2) is 35.3. The van der Waals surface area contributed by atoms with Crippen molar-refractivity contribution in [1.82, 2.24) is 42.0 Å². The molecule has 0 aliphatic carbocycles. The van der Waals surface area contributed by atoms with Crippen LogP contribution in [-0.4, -0.2) is 182 Å². The predicted molar refractivity (Wildman–Crippen MR) is 273 cm³/mol. The van der Waals surface area contributed by atoms with E-state index in [0.29, 0.717) is 0 Å². The number of halogens is 4. The number of hydrogen-bond donors (Lipinski definition) is 0. The summed E-state index contributed by atoms with van der Waals surface area (Å²) in [6, 6.07) is 0. The molecule has 0 aromatic carbocycles.